The lowest BCUT2D eigenvalue weighted by Gasteiger charge is -1.99. The second-order valence-electron chi connectivity index (χ2n) is 4.66. The highest BCUT2D eigenvalue weighted by atomic mass is 14.9. The molecule has 21 heavy (non-hydrogen) atoms. The summed E-state index contributed by atoms with van der Waals surface area (Å²) in [6.07, 6.45) is 3.33. The molecule has 0 bridgehead atoms. The van der Waals surface area contributed by atoms with Crippen LogP contribution in [0.5, 0.6) is 0 Å². The topological polar surface area (TPSA) is 78.2 Å². The fourth-order valence-corrected chi connectivity index (χ4v) is 2.37. The van der Waals surface area contributed by atoms with E-state index in [0.29, 0.717) is 11.1 Å². The first kappa shape index (κ1) is 11.6. The zero-order valence-corrected chi connectivity index (χ0v) is 10.9. The molecule has 0 radical (unpaired) electrons. The molecule has 5 nitrogen and oxygen atoms in total. The number of imidazole rings is 1. The molecule has 5 heteroatoms. The number of nitriles is 1. The van der Waals surface area contributed by atoms with Gasteiger partial charge in [-0.3, -0.25) is 9.97 Å². The number of nitrogens with one attached hydrogen (secondary N) is 1. The molecule has 4 aromatic rings. The quantitative estimate of drug-likeness (QED) is 0.577. The third-order valence-electron chi connectivity index (χ3n) is 3.38. The number of para-hydroxylation sites is 1. The van der Waals surface area contributed by atoms with E-state index in [2.05, 4.69) is 26.0 Å². The van der Waals surface area contributed by atoms with Crippen molar-refractivity contribution in [3.8, 4) is 17.5 Å². The van der Waals surface area contributed by atoms with Crippen LogP contribution in [0.2, 0.25) is 0 Å². The third kappa shape index (κ3) is 1.82. The minimum Gasteiger partial charge on any atom is -0.338 e. The smallest absolute Gasteiger partial charge is 0.138 e. The summed E-state index contributed by atoms with van der Waals surface area (Å²) in [7, 11) is 0. The largest absolute Gasteiger partial charge is 0.338 e. The summed E-state index contributed by atoms with van der Waals surface area (Å²) in [4.78, 5) is 16.3. The molecule has 0 fully saturated rings. The Labute approximate surface area is 119 Å². The van der Waals surface area contributed by atoms with Crippen molar-refractivity contribution >= 4 is 22.1 Å². The predicted molar refractivity (Wildman–Crippen MR) is 79.3 cm³/mol. The van der Waals surface area contributed by atoms with Crippen molar-refractivity contribution in [1.82, 2.24) is 19.9 Å². The van der Waals surface area contributed by atoms with Crippen LogP contribution in [-0.4, -0.2) is 19.9 Å². The van der Waals surface area contributed by atoms with Crippen molar-refractivity contribution in [2.75, 3.05) is 0 Å². The number of fused-ring (bicyclic) bond motifs is 2. The number of aromatic nitrogens is 4. The molecule has 4 rings (SSSR count). The van der Waals surface area contributed by atoms with Crippen molar-refractivity contribution < 1.29 is 0 Å². The molecule has 0 spiro atoms. The van der Waals surface area contributed by atoms with E-state index in [1.807, 2.05) is 30.3 Å². The average molecular weight is 271 g/mol. The SMILES string of the molecule is N#Cc1cccc2[nH]c(-c3ccc4nccnc4c3)nc12. The molecule has 0 amide bonds. The summed E-state index contributed by atoms with van der Waals surface area (Å²) < 4.78 is 0. The molecule has 0 unspecified atom stereocenters. The third-order valence-corrected chi connectivity index (χ3v) is 3.38. The van der Waals surface area contributed by atoms with Crippen molar-refractivity contribution in [3.05, 3.63) is 54.4 Å². The van der Waals surface area contributed by atoms with Gasteiger partial charge in [0.05, 0.1) is 22.1 Å². The summed E-state index contributed by atoms with van der Waals surface area (Å²) in [5.41, 5.74) is 4.68. The highest BCUT2D eigenvalue weighted by Crippen LogP contribution is 2.24. The van der Waals surface area contributed by atoms with Gasteiger partial charge in [-0.05, 0) is 30.3 Å². The maximum Gasteiger partial charge on any atom is 0.138 e. The van der Waals surface area contributed by atoms with Crippen LogP contribution in [0.15, 0.2) is 48.8 Å². The Morgan fingerprint density at radius 2 is 1.86 bits per heavy atom. The Kier molecular flexibility index (Phi) is 2.42. The number of nitrogens with zero attached hydrogens (tertiary/aromatic N) is 4. The fourth-order valence-electron chi connectivity index (χ4n) is 2.37. The van der Waals surface area contributed by atoms with E-state index >= 15 is 0 Å². The molecule has 1 N–H and O–H groups in total. The Bertz CT molecular complexity index is 1010. The van der Waals surface area contributed by atoms with Crippen LogP contribution in [0.25, 0.3) is 33.5 Å². The lowest BCUT2D eigenvalue weighted by atomic mass is 10.2. The van der Waals surface area contributed by atoms with Gasteiger partial charge in [-0.2, -0.15) is 5.26 Å². The summed E-state index contributed by atoms with van der Waals surface area (Å²) >= 11 is 0. The molecule has 0 atom stereocenters. The van der Waals surface area contributed by atoms with Gasteiger partial charge < -0.3 is 4.98 Å². The number of aromatic amines is 1. The molecule has 0 aliphatic carbocycles. The zero-order valence-electron chi connectivity index (χ0n) is 10.9. The number of rotatable bonds is 1. The fraction of sp³-hybridized carbons (Fsp3) is 0. The highest BCUT2D eigenvalue weighted by Gasteiger charge is 2.09. The molecule has 2 heterocycles. The second-order valence-corrected chi connectivity index (χ2v) is 4.66. The molecule has 0 aliphatic rings. The van der Waals surface area contributed by atoms with Crippen molar-refractivity contribution in [2.45, 2.75) is 0 Å². The molecule has 98 valence electrons. The van der Waals surface area contributed by atoms with Gasteiger partial charge in [0, 0.05) is 18.0 Å². The van der Waals surface area contributed by atoms with E-state index in [1.165, 1.54) is 0 Å². The minimum absolute atomic E-state index is 0.565. The molecule has 2 aromatic carbocycles. The lowest BCUT2D eigenvalue weighted by Crippen LogP contribution is -1.85. The molecular weight excluding hydrogens is 262 g/mol. The van der Waals surface area contributed by atoms with Gasteiger partial charge >= 0.3 is 0 Å². The average Bonchev–Trinajstić information content (AvgIpc) is 2.98. The lowest BCUT2D eigenvalue weighted by molar-refractivity contribution is 1.28. The Morgan fingerprint density at radius 3 is 2.71 bits per heavy atom. The standard InChI is InChI=1S/C16H9N5/c17-9-11-2-1-3-13-15(11)21-16(20-13)10-4-5-12-14(8-10)19-7-6-18-12/h1-8H,(H,20,21). The minimum atomic E-state index is 0.565. The first-order valence-electron chi connectivity index (χ1n) is 6.45. The van der Waals surface area contributed by atoms with Gasteiger partial charge in [0.15, 0.2) is 0 Å². The van der Waals surface area contributed by atoms with E-state index < -0.39 is 0 Å². The highest BCUT2D eigenvalue weighted by molar-refractivity contribution is 5.86. The summed E-state index contributed by atoms with van der Waals surface area (Å²) in [5, 5.41) is 9.13. The molecule has 0 aliphatic heterocycles. The Morgan fingerprint density at radius 1 is 1.00 bits per heavy atom. The molecule has 0 saturated carbocycles. The molecule has 0 saturated heterocycles. The summed E-state index contributed by atoms with van der Waals surface area (Å²) in [5.74, 6) is 0.722. The van der Waals surface area contributed by atoms with Gasteiger partial charge in [0.1, 0.15) is 17.4 Å². The Hall–Kier alpha value is -3.26. The predicted octanol–water partition coefficient (Wildman–Crippen LogP) is 3.04. The van der Waals surface area contributed by atoms with Crippen LogP contribution in [-0.2, 0) is 0 Å². The molecular formula is C16H9N5. The molecule has 2 aromatic heterocycles. The van der Waals surface area contributed by atoms with E-state index in [0.717, 1.165) is 27.9 Å². The maximum atomic E-state index is 9.13. The number of hydrogen-bond donors (Lipinski definition) is 1. The van der Waals surface area contributed by atoms with E-state index in [4.69, 9.17) is 5.26 Å². The van der Waals surface area contributed by atoms with Crippen LogP contribution in [0, 0.1) is 11.3 Å². The summed E-state index contributed by atoms with van der Waals surface area (Å²) in [6.45, 7) is 0. The van der Waals surface area contributed by atoms with Crippen LogP contribution >= 0.6 is 0 Å². The van der Waals surface area contributed by atoms with Gasteiger partial charge in [0.25, 0.3) is 0 Å². The number of hydrogen-bond acceptors (Lipinski definition) is 4. The van der Waals surface area contributed by atoms with Gasteiger partial charge in [-0.25, -0.2) is 4.98 Å². The van der Waals surface area contributed by atoms with Crippen molar-refractivity contribution in [1.29, 1.82) is 5.26 Å². The van der Waals surface area contributed by atoms with Gasteiger partial charge in [0.2, 0.25) is 0 Å². The number of H-pyrrole nitrogens is 1. The van der Waals surface area contributed by atoms with Crippen LogP contribution in [0.3, 0.4) is 0 Å². The van der Waals surface area contributed by atoms with E-state index in [-0.39, 0.29) is 0 Å². The van der Waals surface area contributed by atoms with Crippen molar-refractivity contribution in [3.63, 3.8) is 0 Å². The normalized spacial score (nSPS) is 10.8. The Balaban J connectivity index is 1.94. The van der Waals surface area contributed by atoms with E-state index in [9.17, 15) is 0 Å². The first-order chi connectivity index (χ1) is 10.3. The zero-order chi connectivity index (χ0) is 14.2. The monoisotopic (exact) mass is 271 g/mol. The van der Waals surface area contributed by atoms with Crippen LogP contribution in [0.4, 0.5) is 0 Å². The number of benzene rings is 2. The summed E-state index contributed by atoms with van der Waals surface area (Å²) in [6, 6.07) is 13.5. The van der Waals surface area contributed by atoms with Crippen molar-refractivity contribution in [2.24, 2.45) is 0 Å². The van der Waals surface area contributed by atoms with Crippen LogP contribution < -0.4 is 0 Å². The van der Waals surface area contributed by atoms with E-state index in [1.54, 1.807) is 18.5 Å². The first-order valence-corrected chi connectivity index (χ1v) is 6.45. The second kappa shape index (κ2) is 4.39. The van der Waals surface area contributed by atoms with Gasteiger partial charge in [-0.15, -0.1) is 0 Å². The van der Waals surface area contributed by atoms with Gasteiger partial charge in [-0.1, -0.05) is 6.07 Å². The maximum absolute atomic E-state index is 9.13. The van der Waals surface area contributed by atoms with Crippen LogP contribution in [0.1, 0.15) is 5.56 Å².